The molecule has 0 unspecified atom stereocenters. The van der Waals surface area contributed by atoms with Gasteiger partial charge in [0.15, 0.2) is 5.82 Å². The Kier molecular flexibility index (Phi) is 4.27. The third kappa shape index (κ3) is 3.23. The lowest BCUT2D eigenvalue weighted by Crippen LogP contribution is -2.13. The van der Waals surface area contributed by atoms with Gasteiger partial charge in [-0.2, -0.15) is 5.10 Å². The average Bonchev–Trinajstić information content (AvgIpc) is 3.11. The van der Waals surface area contributed by atoms with Crippen molar-refractivity contribution in [3.63, 3.8) is 0 Å². The zero-order valence-corrected chi connectivity index (χ0v) is 14.4. The SMILES string of the molecule is NN=C(c1ccccc1O)c1nc2nonc2nc1Nc1cccc(Cl)c1. The number of hydrogen-bond acceptors (Lipinski definition) is 9. The summed E-state index contributed by atoms with van der Waals surface area (Å²) in [6, 6.07) is 13.7. The standard InChI is InChI=1S/C17H12ClN7O2/c18-9-4-3-5-10(8-9)20-15-14(21-16-17(22-15)25-27-24-16)13(23-19)11-6-1-2-7-12(11)26/h1-8,26H,19H2,(H,20,22,25). The van der Waals surface area contributed by atoms with Crippen LogP contribution >= 0.6 is 11.6 Å². The number of aromatic hydroxyl groups is 1. The lowest BCUT2D eigenvalue weighted by molar-refractivity contribution is 0.314. The molecule has 0 saturated carbocycles. The summed E-state index contributed by atoms with van der Waals surface area (Å²) in [7, 11) is 0. The molecule has 10 heteroatoms. The van der Waals surface area contributed by atoms with Crippen molar-refractivity contribution in [1.29, 1.82) is 0 Å². The molecule has 0 radical (unpaired) electrons. The van der Waals surface area contributed by atoms with Crippen molar-refractivity contribution >= 4 is 40.1 Å². The van der Waals surface area contributed by atoms with Crippen molar-refractivity contribution in [3.05, 3.63) is 64.8 Å². The van der Waals surface area contributed by atoms with E-state index in [1.165, 1.54) is 6.07 Å². The van der Waals surface area contributed by atoms with Gasteiger partial charge in [0.05, 0.1) is 0 Å². The normalized spacial score (nSPS) is 11.7. The predicted octanol–water partition coefficient (Wildman–Crippen LogP) is 2.83. The van der Waals surface area contributed by atoms with E-state index < -0.39 is 0 Å². The van der Waals surface area contributed by atoms with E-state index in [1.807, 2.05) is 6.07 Å². The van der Waals surface area contributed by atoms with Crippen molar-refractivity contribution in [2.45, 2.75) is 0 Å². The van der Waals surface area contributed by atoms with E-state index in [4.69, 9.17) is 22.1 Å². The fourth-order valence-electron chi connectivity index (χ4n) is 2.53. The molecule has 0 saturated heterocycles. The van der Waals surface area contributed by atoms with E-state index in [9.17, 15) is 5.11 Å². The Morgan fingerprint density at radius 1 is 1.07 bits per heavy atom. The van der Waals surface area contributed by atoms with Gasteiger partial charge in [0.25, 0.3) is 0 Å². The van der Waals surface area contributed by atoms with E-state index >= 15 is 0 Å². The van der Waals surface area contributed by atoms with Crippen molar-refractivity contribution in [2.75, 3.05) is 5.32 Å². The average molecular weight is 382 g/mol. The largest absolute Gasteiger partial charge is 0.507 e. The van der Waals surface area contributed by atoms with Crippen LogP contribution in [0.4, 0.5) is 11.5 Å². The number of hydrogen-bond donors (Lipinski definition) is 3. The Morgan fingerprint density at radius 3 is 2.59 bits per heavy atom. The summed E-state index contributed by atoms with van der Waals surface area (Å²) in [4.78, 5) is 8.78. The molecule has 0 aliphatic heterocycles. The van der Waals surface area contributed by atoms with Gasteiger partial charge < -0.3 is 16.3 Å². The summed E-state index contributed by atoms with van der Waals surface area (Å²) in [5.41, 5.74) is 1.93. The molecule has 4 aromatic rings. The summed E-state index contributed by atoms with van der Waals surface area (Å²) in [6.45, 7) is 0. The number of phenolic OH excluding ortho intramolecular Hbond substituents is 1. The molecule has 0 atom stereocenters. The number of hydrazone groups is 1. The van der Waals surface area contributed by atoms with E-state index in [0.29, 0.717) is 22.1 Å². The number of rotatable bonds is 4. The number of fused-ring (bicyclic) bond motifs is 1. The second-order valence-electron chi connectivity index (χ2n) is 5.46. The maximum atomic E-state index is 10.2. The highest BCUT2D eigenvalue weighted by Gasteiger charge is 2.21. The molecule has 0 bridgehead atoms. The summed E-state index contributed by atoms with van der Waals surface area (Å²) < 4.78 is 4.69. The molecule has 134 valence electrons. The minimum atomic E-state index is -0.00409. The highest BCUT2D eigenvalue weighted by Crippen LogP contribution is 2.27. The molecule has 4 rings (SSSR count). The third-order valence-electron chi connectivity index (χ3n) is 3.71. The molecule has 2 aromatic carbocycles. The zero-order valence-electron chi connectivity index (χ0n) is 13.7. The first-order valence-electron chi connectivity index (χ1n) is 7.75. The van der Waals surface area contributed by atoms with E-state index in [2.05, 4.69) is 30.7 Å². The predicted molar refractivity (Wildman–Crippen MR) is 100 cm³/mol. The first-order chi connectivity index (χ1) is 13.2. The highest BCUT2D eigenvalue weighted by atomic mass is 35.5. The lowest BCUT2D eigenvalue weighted by atomic mass is 10.1. The molecular weight excluding hydrogens is 370 g/mol. The Bertz CT molecular complexity index is 1160. The second-order valence-corrected chi connectivity index (χ2v) is 5.90. The summed E-state index contributed by atoms with van der Waals surface area (Å²) in [5, 5.41) is 25.1. The first kappa shape index (κ1) is 16.7. The molecule has 2 heterocycles. The molecular formula is C17H12ClN7O2. The smallest absolute Gasteiger partial charge is 0.245 e. The van der Waals surface area contributed by atoms with Crippen LogP contribution in [0.15, 0.2) is 58.3 Å². The molecule has 9 nitrogen and oxygen atoms in total. The maximum Gasteiger partial charge on any atom is 0.245 e. The summed E-state index contributed by atoms with van der Waals surface area (Å²) >= 11 is 6.04. The quantitative estimate of drug-likeness (QED) is 0.279. The molecule has 27 heavy (non-hydrogen) atoms. The Hall–Kier alpha value is -3.72. The molecule has 4 N–H and O–H groups in total. The Morgan fingerprint density at radius 2 is 1.85 bits per heavy atom. The van der Waals surface area contributed by atoms with Crippen LogP contribution in [0, 0.1) is 0 Å². The molecule has 0 spiro atoms. The number of phenols is 1. The van der Waals surface area contributed by atoms with Gasteiger partial charge in [-0.05, 0) is 40.6 Å². The third-order valence-corrected chi connectivity index (χ3v) is 3.95. The monoisotopic (exact) mass is 381 g/mol. The Labute approximate surface area is 157 Å². The topological polar surface area (TPSA) is 135 Å². The van der Waals surface area contributed by atoms with Crippen LogP contribution in [-0.2, 0) is 0 Å². The molecule has 0 aliphatic rings. The van der Waals surface area contributed by atoms with Crippen LogP contribution in [0.2, 0.25) is 5.02 Å². The van der Waals surface area contributed by atoms with Gasteiger partial charge in [-0.3, -0.25) is 0 Å². The van der Waals surface area contributed by atoms with Crippen LogP contribution in [-0.4, -0.2) is 31.1 Å². The molecule has 0 aliphatic carbocycles. The van der Waals surface area contributed by atoms with E-state index in [0.717, 1.165) is 0 Å². The number of nitrogens with two attached hydrogens (primary N) is 1. The van der Waals surface area contributed by atoms with Gasteiger partial charge in [-0.1, -0.05) is 29.8 Å². The van der Waals surface area contributed by atoms with Crippen LogP contribution in [0.3, 0.4) is 0 Å². The van der Waals surface area contributed by atoms with Crippen LogP contribution < -0.4 is 11.2 Å². The van der Waals surface area contributed by atoms with Gasteiger partial charge in [0, 0.05) is 16.3 Å². The van der Waals surface area contributed by atoms with Gasteiger partial charge in [0.1, 0.15) is 17.2 Å². The number of nitrogens with zero attached hydrogens (tertiary/aromatic N) is 5. The highest BCUT2D eigenvalue weighted by molar-refractivity contribution is 6.30. The fraction of sp³-hybridized carbons (Fsp3) is 0. The summed E-state index contributed by atoms with van der Waals surface area (Å²) in [5.74, 6) is 5.91. The number of aromatic nitrogens is 4. The lowest BCUT2D eigenvalue weighted by Gasteiger charge is -2.12. The van der Waals surface area contributed by atoms with Crippen LogP contribution in [0.5, 0.6) is 5.75 Å². The number of nitrogens with one attached hydrogen (secondary N) is 1. The number of halogens is 1. The molecule has 0 amide bonds. The number of benzene rings is 2. The second kappa shape index (κ2) is 6.89. The van der Waals surface area contributed by atoms with Crippen molar-refractivity contribution in [3.8, 4) is 5.75 Å². The van der Waals surface area contributed by atoms with Gasteiger partial charge in [-0.25, -0.2) is 14.6 Å². The number of anilines is 2. The molecule has 2 aromatic heterocycles. The van der Waals surface area contributed by atoms with Gasteiger partial charge in [0.2, 0.25) is 11.3 Å². The van der Waals surface area contributed by atoms with Gasteiger partial charge in [-0.15, -0.1) is 0 Å². The zero-order chi connectivity index (χ0) is 18.8. The first-order valence-corrected chi connectivity index (χ1v) is 8.13. The Balaban J connectivity index is 1.89. The fourth-order valence-corrected chi connectivity index (χ4v) is 2.72. The number of para-hydroxylation sites is 1. The van der Waals surface area contributed by atoms with Crippen molar-refractivity contribution < 1.29 is 9.74 Å². The van der Waals surface area contributed by atoms with E-state index in [-0.39, 0.29) is 28.4 Å². The minimum absolute atomic E-state index is 0.00409. The molecule has 0 fully saturated rings. The van der Waals surface area contributed by atoms with Gasteiger partial charge >= 0.3 is 0 Å². The maximum absolute atomic E-state index is 10.2. The van der Waals surface area contributed by atoms with Crippen LogP contribution in [0.1, 0.15) is 11.3 Å². The van der Waals surface area contributed by atoms with Crippen molar-refractivity contribution in [1.82, 2.24) is 20.3 Å². The van der Waals surface area contributed by atoms with E-state index in [1.54, 1.807) is 36.4 Å². The summed E-state index contributed by atoms with van der Waals surface area (Å²) in [6.07, 6.45) is 0. The van der Waals surface area contributed by atoms with Crippen LogP contribution in [0.25, 0.3) is 11.3 Å². The van der Waals surface area contributed by atoms with Crippen molar-refractivity contribution in [2.24, 2.45) is 10.9 Å². The minimum Gasteiger partial charge on any atom is -0.507 e.